The number of carbonyl (C=O) groups excluding carboxylic acids is 1. The van der Waals surface area contributed by atoms with Gasteiger partial charge in [-0.05, 0) is 31.5 Å². The molecule has 0 spiro atoms. The Bertz CT molecular complexity index is 438. The minimum absolute atomic E-state index is 0.109. The molecule has 1 aliphatic rings. The molecule has 1 aromatic carbocycles. The van der Waals surface area contributed by atoms with Gasteiger partial charge in [0.15, 0.2) is 0 Å². The minimum Gasteiger partial charge on any atom is -0.380 e. The molecule has 1 amide bonds. The zero-order valence-corrected chi connectivity index (χ0v) is 11.8. The van der Waals surface area contributed by atoms with Crippen LogP contribution < -0.4 is 5.32 Å². The number of piperazine rings is 1. The van der Waals surface area contributed by atoms with Crippen molar-refractivity contribution in [2.45, 2.75) is 32.5 Å². The first-order valence-corrected chi connectivity index (χ1v) is 6.73. The van der Waals surface area contributed by atoms with Gasteiger partial charge in [0, 0.05) is 37.8 Å². The summed E-state index contributed by atoms with van der Waals surface area (Å²) in [6.45, 7) is 6.28. The van der Waals surface area contributed by atoms with Crippen LogP contribution in [0.25, 0.3) is 0 Å². The molecule has 0 unspecified atom stereocenters. The third-order valence-corrected chi connectivity index (χ3v) is 3.33. The van der Waals surface area contributed by atoms with Crippen LogP contribution in [0.5, 0.6) is 0 Å². The largest absolute Gasteiger partial charge is 0.380 e. The van der Waals surface area contributed by atoms with Crippen LogP contribution in [0.15, 0.2) is 24.3 Å². The Hall–Kier alpha value is -1.39. The number of hydrogen-bond donors (Lipinski definition) is 1. The lowest BCUT2D eigenvalue weighted by Crippen LogP contribution is -2.55. The summed E-state index contributed by atoms with van der Waals surface area (Å²) in [5, 5.41) is 3.43. The van der Waals surface area contributed by atoms with Crippen LogP contribution >= 0.6 is 0 Å². The van der Waals surface area contributed by atoms with Gasteiger partial charge >= 0.3 is 0 Å². The molecule has 0 saturated carbocycles. The van der Waals surface area contributed by atoms with Crippen molar-refractivity contribution in [1.29, 1.82) is 0 Å². The number of ether oxygens (including phenoxy) is 1. The average molecular weight is 262 g/mol. The van der Waals surface area contributed by atoms with Crippen molar-refractivity contribution in [3.63, 3.8) is 0 Å². The first-order chi connectivity index (χ1) is 9.10. The third-order valence-electron chi connectivity index (χ3n) is 3.33. The van der Waals surface area contributed by atoms with Gasteiger partial charge in [-0.2, -0.15) is 0 Å². The first-order valence-electron chi connectivity index (χ1n) is 6.73. The summed E-state index contributed by atoms with van der Waals surface area (Å²) in [5.74, 6) is 0.109. The van der Waals surface area contributed by atoms with Crippen molar-refractivity contribution in [3.8, 4) is 0 Å². The van der Waals surface area contributed by atoms with Crippen LogP contribution in [-0.2, 0) is 11.3 Å². The number of hydrogen-bond acceptors (Lipinski definition) is 3. The van der Waals surface area contributed by atoms with Crippen LogP contribution in [0.2, 0.25) is 0 Å². The SMILES string of the molecule is COCc1cccc(C(=O)N2C[C@@H](C)N[C@H](C)C2)c1. The smallest absolute Gasteiger partial charge is 0.253 e. The lowest BCUT2D eigenvalue weighted by molar-refractivity contribution is 0.0673. The average Bonchev–Trinajstić information content (AvgIpc) is 2.37. The predicted molar refractivity (Wildman–Crippen MR) is 75.1 cm³/mol. The van der Waals surface area contributed by atoms with Crippen molar-refractivity contribution in [2.75, 3.05) is 20.2 Å². The van der Waals surface area contributed by atoms with E-state index in [-0.39, 0.29) is 5.91 Å². The Labute approximate surface area is 114 Å². The summed E-state index contributed by atoms with van der Waals surface area (Å²) < 4.78 is 5.11. The van der Waals surface area contributed by atoms with E-state index < -0.39 is 0 Å². The Morgan fingerprint density at radius 2 is 2.05 bits per heavy atom. The topological polar surface area (TPSA) is 41.6 Å². The van der Waals surface area contributed by atoms with Crippen LogP contribution in [0, 0.1) is 0 Å². The standard InChI is InChI=1S/C15H22N2O2/c1-11-8-17(9-12(2)16-11)15(18)14-6-4-5-13(7-14)10-19-3/h4-7,11-12,16H,8-10H2,1-3H3/t11-,12-/m1/s1. The number of rotatable bonds is 3. The fraction of sp³-hybridized carbons (Fsp3) is 0.533. The van der Waals surface area contributed by atoms with E-state index in [0.717, 1.165) is 24.2 Å². The molecule has 1 aromatic rings. The van der Waals surface area contributed by atoms with Gasteiger partial charge in [0.25, 0.3) is 5.91 Å². The molecular formula is C15H22N2O2. The summed E-state index contributed by atoms with van der Waals surface area (Å²) in [7, 11) is 1.66. The molecule has 0 radical (unpaired) electrons. The van der Waals surface area contributed by atoms with Crippen molar-refractivity contribution in [2.24, 2.45) is 0 Å². The van der Waals surface area contributed by atoms with E-state index in [9.17, 15) is 4.79 Å². The van der Waals surface area contributed by atoms with Gasteiger partial charge in [-0.25, -0.2) is 0 Å². The van der Waals surface area contributed by atoms with Crippen LogP contribution in [0.1, 0.15) is 29.8 Å². The van der Waals surface area contributed by atoms with Gasteiger partial charge in [0.05, 0.1) is 6.61 Å². The number of carbonyl (C=O) groups is 1. The van der Waals surface area contributed by atoms with Crippen molar-refractivity contribution in [1.82, 2.24) is 10.2 Å². The molecule has 1 aliphatic heterocycles. The van der Waals surface area contributed by atoms with E-state index in [1.54, 1.807) is 7.11 Å². The highest BCUT2D eigenvalue weighted by molar-refractivity contribution is 5.94. The van der Waals surface area contributed by atoms with Gasteiger partial charge in [0.1, 0.15) is 0 Å². The van der Waals surface area contributed by atoms with E-state index >= 15 is 0 Å². The number of benzene rings is 1. The molecule has 1 N–H and O–H groups in total. The highest BCUT2D eigenvalue weighted by Gasteiger charge is 2.25. The molecule has 104 valence electrons. The Morgan fingerprint density at radius 3 is 2.68 bits per heavy atom. The van der Waals surface area contributed by atoms with Gasteiger partial charge in [-0.3, -0.25) is 4.79 Å². The molecule has 19 heavy (non-hydrogen) atoms. The molecule has 4 nitrogen and oxygen atoms in total. The van der Waals surface area contributed by atoms with Crippen LogP contribution in [0.3, 0.4) is 0 Å². The fourth-order valence-corrected chi connectivity index (χ4v) is 2.64. The number of nitrogens with one attached hydrogen (secondary N) is 1. The summed E-state index contributed by atoms with van der Waals surface area (Å²) >= 11 is 0. The van der Waals surface area contributed by atoms with Crippen molar-refractivity contribution >= 4 is 5.91 Å². The maximum atomic E-state index is 12.5. The second-order valence-electron chi connectivity index (χ2n) is 5.31. The van der Waals surface area contributed by atoms with Crippen LogP contribution in [0.4, 0.5) is 0 Å². The van der Waals surface area contributed by atoms with E-state index in [2.05, 4.69) is 19.2 Å². The van der Waals surface area contributed by atoms with Gasteiger partial charge in [0.2, 0.25) is 0 Å². The molecule has 1 saturated heterocycles. The third kappa shape index (κ3) is 3.55. The molecule has 1 fully saturated rings. The quantitative estimate of drug-likeness (QED) is 0.900. The summed E-state index contributed by atoms with van der Waals surface area (Å²) in [6.07, 6.45) is 0. The summed E-state index contributed by atoms with van der Waals surface area (Å²) in [4.78, 5) is 14.4. The molecular weight excluding hydrogens is 240 g/mol. The highest BCUT2D eigenvalue weighted by atomic mass is 16.5. The van der Waals surface area contributed by atoms with E-state index in [1.165, 1.54) is 0 Å². The second kappa shape index (κ2) is 6.17. The van der Waals surface area contributed by atoms with E-state index in [4.69, 9.17) is 4.74 Å². The van der Waals surface area contributed by atoms with Crippen molar-refractivity contribution in [3.05, 3.63) is 35.4 Å². The van der Waals surface area contributed by atoms with Crippen LogP contribution in [-0.4, -0.2) is 43.1 Å². The molecule has 2 atom stereocenters. The number of amides is 1. The molecule has 4 heteroatoms. The Morgan fingerprint density at radius 1 is 1.37 bits per heavy atom. The maximum Gasteiger partial charge on any atom is 0.253 e. The maximum absolute atomic E-state index is 12.5. The zero-order chi connectivity index (χ0) is 13.8. The number of nitrogens with zero attached hydrogens (tertiary/aromatic N) is 1. The first kappa shape index (κ1) is 14.0. The second-order valence-corrected chi connectivity index (χ2v) is 5.31. The minimum atomic E-state index is 0.109. The lowest BCUT2D eigenvalue weighted by atomic mass is 10.1. The monoisotopic (exact) mass is 262 g/mol. The zero-order valence-electron chi connectivity index (χ0n) is 11.8. The van der Waals surface area contributed by atoms with Gasteiger partial charge in [-0.15, -0.1) is 0 Å². The summed E-state index contributed by atoms with van der Waals surface area (Å²) in [5.41, 5.74) is 1.78. The van der Waals surface area contributed by atoms with E-state index in [1.807, 2.05) is 29.2 Å². The summed E-state index contributed by atoms with van der Waals surface area (Å²) in [6, 6.07) is 8.37. The lowest BCUT2D eigenvalue weighted by Gasteiger charge is -2.36. The molecule has 2 rings (SSSR count). The highest BCUT2D eigenvalue weighted by Crippen LogP contribution is 2.12. The van der Waals surface area contributed by atoms with Gasteiger partial charge < -0.3 is 15.0 Å². The van der Waals surface area contributed by atoms with Crippen molar-refractivity contribution < 1.29 is 9.53 Å². The molecule has 1 heterocycles. The molecule has 0 aromatic heterocycles. The molecule has 0 aliphatic carbocycles. The fourth-order valence-electron chi connectivity index (χ4n) is 2.64. The predicted octanol–water partition coefficient (Wildman–Crippen LogP) is 1.66. The normalized spacial score (nSPS) is 23.4. The van der Waals surface area contributed by atoms with Gasteiger partial charge in [-0.1, -0.05) is 12.1 Å². The number of methoxy groups -OCH3 is 1. The Balaban J connectivity index is 2.12. The van der Waals surface area contributed by atoms with E-state index in [0.29, 0.717) is 18.7 Å². The Kier molecular flexibility index (Phi) is 4.56. The molecule has 0 bridgehead atoms.